The van der Waals surface area contributed by atoms with Crippen molar-refractivity contribution in [2.75, 3.05) is 39.6 Å². The Morgan fingerprint density at radius 2 is 0.347 bits per heavy atom. The van der Waals surface area contributed by atoms with E-state index in [9.17, 15) is 0 Å². The zero-order chi connectivity index (χ0) is 52.5. The molecule has 0 unspecified atom stereocenters. The second-order valence-electron chi connectivity index (χ2n) is 23.3. The van der Waals surface area contributed by atoms with E-state index < -0.39 is 0 Å². The van der Waals surface area contributed by atoms with Crippen molar-refractivity contribution in [3.8, 4) is 0 Å². The molecule has 0 heterocycles. The van der Waals surface area contributed by atoms with Gasteiger partial charge in [0.25, 0.3) is 0 Å². The van der Waals surface area contributed by atoms with Crippen LogP contribution in [0.5, 0.6) is 0 Å². The van der Waals surface area contributed by atoms with E-state index in [4.69, 9.17) is 28.4 Å². The molecular formula is C69H108O6. The fourth-order valence-corrected chi connectivity index (χ4v) is 13.2. The number of ether oxygens (including phenoxy) is 6. The Balaban J connectivity index is 1.37. The third-order valence-corrected chi connectivity index (χ3v) is 17.5. The zero-order valence-corrected chi connectivity index (χ0v) is 49.3. The lowest BCUT2D eigenvalue weighted by molar-refractivity contribution is 0.102. The van der Waals surface area contributed by atoms with Gasteiger partial charge in [0.1, 0.15) is 0 Å². The second-order valence-corrected chi connectivity index (χ2v) is 23.3. The molecule has 0 amide bonds. The summed E-state index contributed by atoms with van der Waals surface area (Å²) in [4.78, 5) is 0. The molecule has 7 rings (SSSR count). The van der Waals surface area contributed by atoms with Gasteiger partial charge in [-0.25, -0.2) is 0 Å². The third-order valence-electron chi connectivity index (χ3n) is 17.5. The normalized spacial score (nSPS) is 13.2. The van der Waals surface area contributed by atoms with Crippen LogP contribution in [0.15, 0.2) is 0 Å². The quantitative estimate of drug-likeness (QED) is 0.0280. The summed E-state index contributed by atoms with van der Waals surface area (Å²) < 4.78 is 41.3. The van der Waals surface area contributed by atoms with Crippen molar-refractivity contribution in [2.24, 2.45) is 0 Å². The highest BCUT2D eigenvalue weighted by atomic mass is 16.5. The summed E-state index contributed by atoms with van der Waals surface area (Å²) in [6.45, 7) is 22.5. The van der Waals surface area contributed by atoms with Crippen LogP contribution in [0.2, 0.25) is 0 Å². The zero-order valence-electron chi connectivity index (χ0n) is 49.3. The highest BCUT2D eigenvalue weighted by Gasteiger charge is 2.40. The topological polar surface area (TPSA) is 55.4 Å². The maximum absolute atomic E-state index is 6.89. The van der Waals surface area contributed by atoms with Crippen molar-refractivity contribution in [1.29, 1.82) is 0 Å². The van der Waals surface area contributed by atoms with Crippen LogP contribution >= 0.6 is 0 Å². The highest BCUT2D eigenvalue weighted by Crippen LogP contribution is 2.58. The molecule has 0 saturated carbocycles. The maximum atomic E-state index is 6.89. The monoisotopic (exact) mass is 1030 g/mol. The Kier molecular flexibility index (Phi) is 27.0. The summed E-state index contributed by atoms with van der Waals surface area (Å²) in [5.41, 5.74) is 17.5. The summed E-state index contributed by atoms with van der Waals surface area (Å²) in [7, 11) is 0. The van der Waals surface area contributed by atoms with E-state index in [0.717, 1.165) is 97.4 Å². The largest absolute Gasteiger partial charge is 0.377 e. The fourth-order valence-electron chi connectivity index (χ4n) is 13.2. The van der Waals surface area contributed by atoms with Crippen LogP contribution in [-0.4, -0.2) is 39.6 Å². The molecule has 6 nitrogen and oxygen atoms in total. The standard InChI is InChI=1S/C69H108O6/c1-7-13-19-25-31-37-70-46-58-52-43-54-60(48-72-39-33-27-21-15-9-3)62(50-74-41-35-29-23-17-11-5)56-45-57-63(51-75-42-36-30-24-18-12-6)61(49-73-40-34-28-22-16-10-4)55-44-53(59(58)47-71-38-32-26-20-14-8-2)65-64(52)66(54)68(56)69(57)67(55)65/h7-51H2,1-6H3. The van der Waals surface area contributed by atoms with E-state index in [-0.39, 0.29) is 0 Å². The van der Waals surface area contributed by atoms with Crippen molar-refractivity contribution >= 4 is 32.3 Å². The van der Waals surface area contributed by atoms with Crippen LogP contribution in [-0.2, 0) is 87.3 Å². The Bertz CT molecular complexity index is 1880. The third kappa shape index (κ3) is 15.8. The average molecular weight is 1030 g/mol. The number of hydrogen-bond acceptors (Lipinski definition) is 6. The molecule has 3 aliphatic rings. The smallest absolute Gasteiger partial charge is 0.0723 e. The maximum Gasteiger partial charge on any atom is 0.0723 e. The highest BCUT2D eigenvalue weighted by molar-refractivity contribution is 6.34. The van der Waals surface area contributed by atoms with Gasteiger partial charge < -0.3 is 28.4 Å². The molecule has 4 aromatic rings. The van der Waals surface area contributed by atoms with Gasteiger partial charge in [-0.2, -0.15) is 0 Å². The molecule has 0 fully saturated rings. The lowest BCUT2D eigenvalue weighted by atomic mass is 9.87. The van der Waals surface area contributed by atoms with Gasteiger partial charge in [0.2, 0.25) is 0 Å². The number of unbranched alkanes of at least 4 members (excludes halogenated alkanes) is 24. The number of hydrogen-bond donors (Lipinski definition) is 0. The minimum atomic E-state index is 0.645. The van der Waals surface area contributed by atoms with Crippen LogP contribution in [0.3, 0.4) is 0 Å². The van der Waals surface area contributed by atoms with Gasteiger partial charge >= 0.3 is 0 Å². The Morgan fingerprint density at radius 3 is 0.493 bits per heavy atom. The van der Waals surface area contributed by atoms with Crippen LogP contribution in [0.25, 0.3) is 32.3 Å². The second kappa shape index (κ2) is 33.8. The molecule has 0 bridgehead atoms. The summed E-state index contributed by atoms with van der Waals surface area (Å²) in [5, 5.41) is 9.10. The summed E-state index contributed by atoms with van der Waals surface area (Å²) in [5.74, 6) is 0. The predicted molar refractivity (Wildman–Crippen MR) is 318 cm³/mol. The molecule has 3 aliphatic carbocycles. The van der Waals surface area contributed by atoms with Crippen LogP contribution in [0.1, 0.15) is 301 Å². The molecular weight excluding hydrogens is 925 g/mol. The van der Waals surface area contributed by atoms with Crippen molar-refractivity contribution in [3.05, 3.63) is 66.8 Å². The first-order valence-corrected chi connectivity index (χ1v) is 32.2. The number of benzene rings is 4. The van der Waals surface area contributed by atoms with Crippen LogP contribution in [0, 0.1) is 0 Å². The SMILES string of the molecule is CCCCCCCOCc1c(COCCCCCCC)c2c3c4c1Cc1c(COCCCCCCC)c(COCCCCCCC)c5c(c14)c1c(c(COCCCCCCC)c(COCCCCCCC)c(c31)C2)C5. The van der Waals surface area contributed by atoms with Gasteiger partial charge in [-0.1, -0.05) is 196 Å². The lowest BCUT2D eigenvalue weighted by Gasteiger charge is -2.20. The van der Waals surface area contributed by atoms with Gasteiger partial charge in [-0.05, 0) is 157 Å². The van der Waals surface area contributed by atoms with Gasteiger partial charge in [0.05, 0.1) is 39.6 Å². The fraction of sp³-hybridized carbons (Fsp3) is 0.739. The van der Waals surface area contributed by atoms with Crippen molar-refractivity contribution < 1.29 is 28.4 Å². The van der Waals surface area contributed by atoms with Gasteiger partial charge in [-0.15, -0.1) is 0 Å². The van der Waals surface area contributed by atoms with E-state index in [1.54, 1.807) is 0 Å². The minimum absolute atomic E-state index is 0.645. The molecule has 0 aromatic heterocycles. The predicted octanol–water partition coefficient (Wildman–Crippen LogP) is 19.8. The molecule has 6 heteroatoms. The van der Waals surface area contributed by atoms with E-state index in [1.807, 2.05) is 0 Å². The molecule has 0 radical (unpaired) electrons. The molecule has 420 valence electrons. The summed E-state index contributed by atoms with van der Waals surface area (Å²) in [6, 6.07) is 0. The lowest BCUT2D eigenvalue weighted by Crippen LogP contribution is -2.10. The van der Waals surface area contributed by atoms with E-state index in [1.165, 1.54) is 253 Å². The first-order chi connectivity index (χ1) is 37.1. The summed E-state index contributed by atoms with van der Waals surface area (Å²) >= 11 is 0. The van der Waals surface area contributed by atoms with Crippen molar-refractivity contribution in [3.63, 3.8) is 0 Å². The van der Waals surface area contributed by atoms with Crippen LogP contribution in [0.4, 0.5) is 0 Å². The minimum Gasteiger partial charge on any atom is -0.377 e. The Labute approximate surface area is 458 Å². The van der Waals surface area contributed by atoms with Crippen molar-refractivity contribution in [1.82, 2.24) is 0 Å². The summed E-state index contributed by atoms with van der Waals surface area (Å²) in [6.07, 6.45) is 40.1. The van der Waals surface area contributed by atoms with Crippen LogP contribution < -0.4 is 0 Å². The Hall–Kier alpha value is -2.58. The molecule has 0 N–H and O–H groups in total. The van der Waals surface area contributed by atoms with Crippen molar-refractivity contribution in [2.45, 2.75) is 293 Å². The number of rotatable bonds is 48. The van der Waals surface area contributed by atoms with E-state index >= 15 is 0 Å². The molecule has 75 heavy (non-hydrogen) atoms. The van der Waals surface area contributed by atoms with Gasteiger partial charge in [0.15, 0.2) is 0 Å². The van der Waals surface area contributed by atoms with Gasteiger partial charge in [-0.3, -0.25) is 0 Å². The molecule has 4 aromatic carbocycles. The molecule has 0 aliphatic heterocycles. The molecule has 0 atom stereocenters. The molecule has 0 spiro atoms. The van der Waals surface area contributed by atoms with E-state index in [2.05, 4.69) is 41.5 Å². The average Bonchev–Trinajstić information content (AvgIpc) is 4.27. The first kappa shape index (κ1) is 60.1. The Morgan fingerprint density at radius 1 is 0.200 bits per heavy atom. The molecule has 0 saturated heterocycles. The van der Waals surface area contributed by atoms with Gasteiger partial charge in [0, 0.05) is 39.6 Å². The van der Waals surface area contributed by atoms with E-state index in [0.29, 0.717) is 39.6 Å². The first-order valence-electron chi connectivity index (χ1n) is 32.2.